The van der Waals surface area contributed by atoms with Crippen molar-refractivity contribution in [3.8, 4) is 11.3 Å². The predicted molar refractivity (Wildman–Crippen MR) is 88.7 cm³/mol. The fraction of sp³-hybridized carbons (Fsp3) is 0.125. The summed E-state index contributed by atoms with van der Waals surface area (Å²) in [5.74, 6) is -1.94. The van der Waals surface area contributed by atoms with Gasteiger partial charge in [0, 0.05) is 17.4 Å². The number of aromatic nitrogens is 1. The Bertz CT molecular complexity index is 815. The number of carbonyl (C=O) groups is 1. The standard InChI is InChI=1S/C16H12F2N2OS2/c17-12-3-2-11(7-13(12)18)14-9-23-16(19-14)20-15(21)4-1-10-5-6-22-8-10/h2-3,5-9H,1,4H2,(H,19,20,21). The lowest BCUT2D eigenvalue weighted by molar-refractivity contribution is -0.116. The zero-order valence-electron chi connectivity index (χ0n) is 11.9. The first kappa shape index (κ1) is 15.8. The van der Waals surface area contributed by atoms with Gasteiger partial charge in [-0.2, -0.15) is 11.3 Å². The lowest BCUT2D eigenvalue weighted by Crippen LogP contribution is -2.11. The molecule has 0 fully saturated rings. The molecule has 118 valence electrons. The molecule has 2 aromatic heterocycles. The van der Waals surface area contributed by atoms with Gasteiger partial charge in [-0.25, -0.2) is 13.8 Å². The second-order valence-corrected chi connectivity index (χ2v) is 6.48. The van der Waals surface area contributed by atoms with Gasteiger partial charge in [0.05, 0.1) is 5.69 Å². The average Bonchev–Trinajstić information content (AvgIpc) is 3.19. The molecule has 0 aliphatic heterocycles. The molecule has 0 bridgehead atoms. The van der Waals surface area contributed by atoms with Crippen molar-refractivity contribution in [1.29, 1.82) is 0 Å². The molecule has 1 aromatic carbocycles. The Balaban J connectivity index is 1.62. The number of anilines is 1. The van der Waals surface area contributed by atoms with Crippen molar-refractivity contribution in [2.24, 2.45) is 0 Å². The molecule has 0 spiro atoms. The molecule has 0 saturated heterocycles. The molecular weight excluding hydrogens is 338 g/mol. The molecule has 1 N–H and O–H groups in total. The number of thiophene rings is 1. The summed E-state index contributed by atoms with van der Waals surface area (Å²) >= 11 is 2.85. The van der Waals surface area contributed by atoms with Crippen LogP contribution in [0, 0.1) is 11.6 Å². The third kappa shape index (κ3) is 4.00. The SMILES string of the molecule is O=C(CCc1ccsc1)Nc1nc(-c2ccc(F)c(F)c2)cs1. The highest BCUT2D eigenvalue weighted by Crippen LogP contribution is 2.26. The van der Waals surface area contributed by atoms with Crippen LogP contribution in [-0.4, -0.2) is 10.9 Å². The molecule has 0 unspecified atom stereocenters. The molecule has 0 aliphatic rings. The first-order chi connectivity index (χ1) is 11.1. The predicted octanol–water partition coefficient (Wildman–Crippen LogP) is 4.72. The lowest BCUT2D eigenvalue weighted by atomic mass is 10.2. The van der Waals surface area contributed by atoms with Crippen molar-refractivity contribution in [3.63, 3.8) is 0 Å². The number of carbonyl (C=O) groups excluding carboxylic acids is 1. The highest BCUT2D eigenvalue weighted by atomic mass is 32.1. The van der Waals surface area contributed by atoms with Crippen LogP contribution in [0.2, 0.25) is 0 Å². The van der Waals surface area contributed by atoms with Gasteiger partial charge in [-0.05, 0) is 47.0 Å². The monoisotopic (exact) mass is 350 g/mol. The fourth-order valence-corrected chi connectivity index (χ4v) is 3.43. The Hall–Kier alpha value is -2.12. The van der Waals surface area contributed by atoms with Gasteiger partial charge in [-0.1, -0.05) is 0 Å². The van der Waals surface area contributed by atoms with E-state index in [2.05, 4.69) is 10.3 Å². The summed E-state index contributed by atoms with van der Waals surface area (Å²) in [6.07, 6.45) is 1.05. The van der Waals surface area contributed by atoms with Crippen LogP contribution >= 0.6 is 22.7 Å². The summed E-state index contributed by atoms with van der Waals surface area (Å²) < 4.78 is 26.2. The number of hydrogen-bond donors (Lipinski definition) is 1. The van der Waals surface area contributed by atoms with Gasteiger partial charge >= 0.3 is 0 Å². The van der Waals surface area contributed by atoms with E-state index in [4.69, 9.17) is 0 Å². The zero-order valence-corrected chi connectivity index (χ0v) is 13.5. The number of hydrogen-bond acceptors (Lipinski definition) is 4. The molecule has 7 heteroatoms. The third-order valence-corrected chi connectivity index (χ3v) is 4.68. The lowest BCUT2D eigenvalue weighted by Gasteiger charge is -2.01. The number of thiazole rings is 1. The Labute approximate surface area is 139 Å². The topological polar surface area (TPSA) is 42.0 Å². The van der Waals surface area contributed by atoms with E-state index in [0.717, 1.165) is 17.7 Å². The maximum atomic E-state index is 13.2. The Morgan fingerprint density at radius 3 is 2.78 bits per heavy atom. The summed E-state index contributed by atoms with van der Waals surface area (Å²) in [6.45, 7) is 0. The van der Waals surface area contributed by atoms with Crippen LogP contribution in [0.5, 0.6) is 0 Å². The number of amides is 1. The van der Waals surface area contributed by atoms with Crippen molar-refractivity contribution in [1.82, 2.24) is 4.98 Å². The fourth-order valence-electron chi connectivity index (χ4n) is 1.99. The Morgan fingerprint density at radius 2 is 2.04 bits per heavy atom. The normalized spacial score (nSPS) is 10.7. The van der Waals surface area contributed by atoms with E-state index in [-0.39, 0.29) is 5.91 Å². The molecule has 0 radical (unpaired) electrons. The number of aryl methyl sites for hydroxylation is 1. The van der Waals surface area contributed by atoms with Crippen LogP contribution in [0.25, 0.3) is 11.3 Å². The van der Waals surface area contributed by atoms with Gasteiger partial charge in [0.2, 0.25) is 5.91 Å². The van der Waals surface area contributed by atoms with E-state index >= 15 is 0 Å². The van der Waals surface area contributed by atoms with E-state index < -0.39 is 11.6 Å². The summed E-state index contributed by atoms with van der Waals surface area (Å²) in [5.41, 5.74) is 2.10. The molecule has 3 rings (SSSR count). The largest absolute Gasteiger partial charge is 0.302 e. The maximum Gasteiger partial charge on any atom is 0.226 e. The van der Waals surface area contributed by atoms with Crippen LogP contribution in [0.15, 0.2) is 40.4 Å². The van der Waals surface area contributed by atoms with Crippen molar-refractivity contribution >= 4 is 33.7 Å². The third-order valence-electron chi connectivity index (χ3n) is 3.19. The van der Waals surface area contributed by atoms with E-state index in [1.165, 1.54) is 17.4 Å². The van der Waals surface area contributed by atoms with Gasteiger partial charge in [0.15, 0.2) is 16.8 Å². The van der Waals surface area contributed by atoms with Gasteiger partial charge in [0.1, 0.15) is 0 Å². The number of nitrogens with zero attached hydrogens (tertiary/aromatic N) is 1. The minimum absolute atomic E-state index is 0.123. The van der Waals surface area contributed by atoms with Gasteiger partial charge < -0.3 is 5.32 Å². The molecule has 0 atom stereocenters. The summed E-state index contributed by atoms with van der Waals surface area (Å²) in [6, 6.07) is 5.59. The number of benzene rings is 1. The molecule has 2 heterocycles. The van der Waals surface area contributed by atoms with E-state index in [9.17, 15) is 13.6 Å². The Morgan fingerprint density at radius 1 is 1.17 bits per heavy atom. The average molecular weight is 350 g/mol. The van der Waals surface area contributed by atoms with Crippen LogP contribution in [0.3, 0.4) is 0 Å². The summed E-state index contributed by atoms with van der Waals surface area (Å²) in [7, 11) is 0. The first-order valence-corrected chi connectivity index (χ1v) is 8.66. The van der Waals surface area contributed by atoms with Gasteiger partial charge in [-0.15, -0.1) is 11.3 Å². The minimum atomic E-state index is -0.920. The van der Waals surface area contributed by atoms with Crippen molar-refractivity contribution in [2.75, 3.05) is 5.32 Å². The summed E-state index contributed by atoms with van der Waals surface area (Å²) in [4.78, 5) is 16.1. The van der Waals surface area contributed by atoms with Crippen LogP contribution in [-0.2, 0) is 11.2 Å². The van der Waals surface area contributed by atoms with Crippen molar-refractivity contribution < 1.29 is 13.6 Å². The molecule has 23 heavy (non-hydrogen) atoms. The minimum Gasteiger partial charge on any atom is -0.302 e. The highest BCUT2D eigenvalue weighted by Gasteiger charge is 2.10. The molecule has 1 amide bonds. The van der Waals surface area contributed by atoms with Gasteiger partial charge in [-0.3, -0.25) is 4.79 Å². The van der Waals surface area contributed by atoms with Crippen molar-refractivity contribution in [2.45, 2.75) is 12.8 Å². The second kappa shape index (κ2) is 6.97. The Kier molecular flexibility index (Phi) is 4.78. The second-order valence-electron chi connectivity index (χ2n) is 4.85. The number of rotatable bonds is 5. The van der Waals surface area contributed by atoms with E-state index in [1.807, 2.05) is 16.8 Å². The molecule has 0 aliphatic carbocycles. The zero-order chi connectivity index (χ0) is 16.2. The van der Waals surface area contributed by atoms with Crippen LogP contribution < -0.4 is 5.32 Å². The van der Waals surface area contributed by atoms with E-state index in [1.54, 1.807) is 16.7 Å². The smallest absolute Gasteiger partial charge is 0.226 e. The van der Waals surface area contributed by atoms with Crippen LogP contribution in [0.4, 0.5) is 13.9 Å². The maximum absolute atomic E-state index is 13.2. The molecule has 3 aromatic rings. The quantitative estimate of drug-likeness (QED) is 0.723. The van der Waals surface area contributed by atoms with Gasteiger partial charge in [0.25, 0.3) is 0 Å². The van der Waals surface area contributed by atoms with E-state index in [0.29, 0.717) is 29.2 Å². The summed E-state index contributed by atoms with van der Waals surface area (Å²) in [5, 5.41) is 8.85. The highest BCUT2D eigenvalue weighted by molar-refractivity contribution is 7.14. The van der Waals surface area contributed by atoms with Crippen molar-refractivity contribution in [3.05, 3.63) is 57.6 Å². The number of nitrogens with one attached hydrogen (secondary N) is 1. The first-order valence-electron chi connectivity index (χ1n) is 6.84. The molecule has 3 nitrogen and oxygen atoms in total. The molecular formula is C16H12F2N2OS2. The van der Waals surface area contributed by atoms with Crippen LogP contribution in [0.1, 0.15) is 12.0 Å². The molecule has 0 saturated carbocycles. The number of halogens is 2.